The lowest BCUT2D eigenvalue weighted by atomic mass is 10.0. The Balaban J connectivity index is 1.73. The van der Waals surface area contributed by atoms with Gasteiger partial charge in [0, 0.05) is 11.3 Å². The topological polar surface area (TPSA) is 76.6 Å². The number of amides is 2. The Morgan fingerprint density at radius 3 is 2.69 bits per heavy atom. The quantitative estimate of drug-likeness (QED) is 0.660. The lowest BCUT2D eigenvalue weighted by Crippen LogP contribution is -3.14. The maximum Gasteiger partial charge on any atom is 0.252 e. The van der Waals surface area contributed by atoms with Crippen LogP contribution in [0.15, 0.2) is 35.2 Å². The molecule has 0 fully saturated rings. The first kappa shape index (κ1) is 18.9. The van der Waals surface area contributed by atoms with Crippen molar-refractivity contribution in [3.8, 4) is 0 Å². The van der Waals surface area contributed by atoms with Gasteiger partial charge in [0.2, 0.25) is 5.91 Å². The molecule has 0 aliphatic carbocycles. The number of benzene rings is 1. The third-order valence-electron chi connectivity index (χ3n) is 4.60. The van der Waals surface area contributed by atoms with Crippen LogP contribution in [0.2, 0.25) is 0 Å². The molecular weight excluding hydrogens is 366 g/mol. The van der Waals surface area contributed by atoms with Gasteiger partial charge in [-0.1, -0.05) is 18.2 Å². The molecule has 1 atom stereocenters. The number of hydrogen-bond acceptors (Lipinski definition) is 4. The highest BCUT2D eigenvalue weighted by Gasteiger charge is 2.30. The molecule has 1 aromatic heterocycles. The molecule has 4 N–H and O–H groups in total. The molecule has 0 bridgehead atoms. The van der Waals surface area contributed by atoms with Crippen molar-refractivity contribution >= 4 is 39.9 Å². The Hall–Kier alpha value is -1.83. The molecule has 7 heteroatoms. The number of nitrogens with two attached hydrogens (primary N) is 1. The Morgan fingerprint density at radius 2 is 2.04 bits per heavy atom. The summed E-state index contributed by atoms with van der Waals surface area (Å²) in [6.45, 7) is 6.27. The van der Waals surface area contributed by atoms with Crippen molar-refractivity contribution in [3.05, 3.63) is 46.3 Å². The van der Waals surface area contributed by atoms with E-state index in [-0.39, 0.29) is 5.91 Å². The number of thioether (sulfide) groups is 1. The Kier molecular flexibility index (Phi) is 6.01. The predicted molar refractivity (Wildman–Crippen MR) is 107 cm³/mol. The van der Waals surface area contributed by atoms with Crippen molar-refractivity contribution in [2.24, 2.45) is 5.73 Å². The monoisotopic (exact) mass is 390 g/mol. The highest BCUT2D eigenvalue weighted by Crippen LogP contribution is 2.34. The molecular formula is C19H24N3O2S2+. The first-order valence-corrected chi connectivity index (χ1v) is 10.5. The highest BCUT2D eigenvalue weighted by molar-refractivity contribution is 8.00. The fourth-order valence-corrected chi connectivity index (χ4v) is 5.21. The predicted octanol–water partition coefficient (Wildman–Crippen LogP) is 1.93. The summed E-state index contributed by atoms with van der Waals surface area (Å²) in [4.78, 5) is 28.1. The van der Waals surface area contributed by atoms with E-state index in [4.69, 9.17) is 5.73 Å². The summed E-state index contributed by atoms with van der Waals surface area (Å²) in [5.74, 6) is -0.275. The number of fused-ring (bicyclic) bond motifs is 1. The maximum atomic E-state index is 12.4. The van der Waals surface area contributed by atoms with Crippen LogP contribution >= 0.6 is 23.1 Å². The van der Waals surface area contributed by atoms with Gasteiger partial charge in [0.1, 0.15) is 11.5 Å². The van der Waals surface area contributed by atoms with Crippen LogP contribution in [0.3, 0.4) is 0 Å². The molecule has 2 amide bonds. The molecule has 138 valence electrons. The van der Waals surface area contributed by atoms with Gasteiger partial charge in [-0.2, -0.15) is 0 Å². The van der Waals surface area contributed by atoms with E-state index in [2.05, 4.69) is 19.2 Å². The van der Waals surface area contributed by atoms with Gasteiger partial charge in [-0.15, -0.1) is 23.1 Å². The first-order chi connectivity index (χ1) is 12.5. The summed E-state index contributed by atoms with van der Waals surface area (Å²) in [6.07, 6.45) is 0.826. The number of rotatable bonds is 6. The van der Waals surface area contributed by atoms with Gasteiger partial charge in [0.15, 0.2) is 0 Å². The normalized spacial score (nSPS) is 16.3. The van der Waals surface area contributed by atoms with E-state index < -0.39 is 5.91 Å². The number of primary amides is 1. The van der Waals surface area contributed by atoms with Gasteiger partial charge >= 0.3 is 0 Å². The van der Waals surface area contributed by atoms with E-state index in [0.717, 1.165) is 30.0 Å². The average Bonchev–Trinajstić information content (AvgIpc) is 2.97. The average molecular weight is 391 g/mol. The van der Waals surface area contributed by atoms with Crippen LogP contribution < -0.4 is 16.0 Å². The smallest absolute Gasteiger partial charge is 0.252 e. The van der Waals surface area contributed by atoms with Gasteiger partial charge in [-0.25, -0.2) is 0 Å². The number of quaternary nitrogens is 1. The van der Waals surface area contributed by atoms with Gasteiger partial charge in [-0.3, -0.25) is 9.59 Å². The van der Waals surface area contributed by atoms with Crippen LogP contribution in [0.1, 0.15) is 34.6 Å². The van der Waals surface area contributed by atoms with Crippen molar-refractivity contribution in [1.29, 1.82) is 0 Å². The molecule has 26 heavy (non-hydrogen) atoms. The minimum atomic E-state index is -0.457. The van der Waals surface area contributed by atoms with Gasteiger partial charge in [-0.05, 0) is 31.5 Å². The fraction of sp³-hybridized carbons (Fsp3) is 0.368. The van der Waals surface area contributed by atoms with Gasteiger partial charge in [0.05, 0.1) is 28.8 Å². The number of carbonyl (C=O) groups excluding carboxylic acids is 2. The zero-order valence-corrected chi connectivity index (χ0v) is 16.6. The Bertz CT molecular complexity index is 803. The van der Waals surface area contributed by atoms with Crippen LogP contribution in [-0.2, 0) is 17.8 Å². The van der Waals surface area contributed by atoms with E-state index in [1.54, 1.807) is 0 Å². The van der Waals surface area contributed by atoms with Crippen molar-refractivity contribution in [2.75, 3.05) is 17.6 Å². The zero-order chi connectivity index (χ0) is 18.7. The number of carbonyl (C=O) groups is 2. The molecule has 1 unspecified atom stereocenters. The number of nitrogens with one attached hydrogen (secondary N) is 2. The van der Waals surface area contributed by atoms with E-state index in [0.29, 0.717) is 22.4 Å². The van der Waals surface area contributed by atoms with Gasteiger partial charge in [0.25, 0.3) is 5.91 Å². The Morgan fingerprint density at radius 1 is 1.31 bits per heavy atom. The van der Waals surface area contributed by atoms with E-state index in [9.17, 15) is 9.59 Å². The summed E-state index contributed by atoms with van der Waals surface area (Å²) in [6, 6.07) is 10.3. The molecule has 1 aliphatic heterocycles. The second kappa shape index (κ2) is 8.24. The SMILES string of the molecule is CC(C)[NH+]1CCc2c(sc(NC(=O)CSc3ccccc3)c2C(N)=O)C1. The van der Waals surface area contributed by atoms with Crippen LogP contribution in [0.5, 0.6) is 0 Å². The van der Waals surface area contributed by atoms with Gasteiger partial charge < -0.3 is 16.0 Å². The minimum absolute atomic E-state index is 0.118. The van der Waals surface area contributed by atoms with Crippen LogP contribution in [0, 0.1) is 0 Å². The zero-order valence-electron chi connectivity index (χ0n) is 15.0. The fourth-order valence-electron chi connectivity index (χ4n) is 3.17. The summed E-state index contributed by atoms with van der Waals surface area (Å²) >= 11 is 2.97. The van der Waals surface area contributed by atoms with Crippen molar-refractivity contribution in [3.63, 3.8) is 0 Å². The second-order valence-corrected chi connectivity index (χ2v) is 8.87. The maximum absolute atomic E-state index is 12.4. The molecule has 0 saturated heterocycles. The largest absolute Gasteiger partial charge is 0.365 e. The lowest BCUT2D eigenvalue weighted by molar-refractivity contribution is -0.936. The van der Waals surface area contributed by atoms with Crippen molar-refractivity contribution in [2.45, 2.75) is 37.8 Å². The lowest BCUT2D eigenvalue weighted by Gasteiger charge is -2.27. The van der Waals surface area contributed by atoms with Crippen LogP contribution in [-0.4, -0.2) is 30.2 Å². The summed E-state index contributed by atoms with van der Waals surface area (Å²) in [5.41, 5.74) is 7.15. The molecule has 2 aromatic rings. The summed E-state index contributed by atoms with van der Waals surface area (Å²) < 4.78 is 0. The molecule has 2 heterocycles. The molecule has 3 rings (SSSR count). The molecule has 0 spiro atoms. The van der Waals surface area contributed by atoms with E-state index in [1.807, 2.05) is 30.3 Å². The Labute approximate surface area is 162 Å². The molecule has 5 nitrogen and oxygen atoms in total. The van der Waals surface area contributed by atoms with Crippen molar-refractivity contribution < 1.29 is 14.5 Å². The standard InChI is InChI=1S/C19H23N3O2S2/c1-12(2)22-9-8-14-15(10-22)26-19(17(14)18(20)24)21-16(23)11-25-13-6-4-3-5-7-13/h3-7,12H,8-11H2,1-2H3,(H2,20,24)(H,21,23)/p+1. The van der Waals surface area contributed by atoms with Crippen LogP contribution in [0.25, 0.3) is 0 Å². The molecule has 1 aliphatic rings. The summed E-state index contributed by atoms with van der Waals surface area (Å²) in [7, 11) is 0. The first-order valence-electron chi connectivity index (χ1n) is 8.72. The van der Waals surface area contributed by atoms with E-state index in [1.165, 1.54) is 32.9 Å². The second-order valence-electron chi connectivity index (χ2n) is 6.71. The number of hydrogen-bond donors (Lipinski definition) is 3. The van der Waals surface area contributed by atoms with Crippen molar-refractivity contribution in [1.82, 2.24) is 0 Å². The van der Waals surface area contributed by atoms with E-state index >= 15 is 0 Å². The number of anilines is 1. The third-order valence-corrected chi connectivity index (χ3v) is 6.76. The molecule has 1 aromatic carbocycles. The number of thiophene rings is 1. The minimum Gasteiger partial charge on any atom is -0.365 e. The third kappa shape index (κ3) is 4.28. The van der Waals surface area contributed by atoms with Crippen LogP contribution in [0.4, 0.5) is 5.00 Å². The summed E-state index contributed by atoms with van der Waals surface area (Å²) in [5, 5.41) is 3.51. The molecule has 0 radical (unpaired) electrons. The highest BCUT2D eigenvalue weighted by atomic mass is 32.2. The molecule has 0 saturated carbocycles.